The Morgan fingerprint density at radius 1 is 1.15 bits per heavy atom. The van der Waals surface area contributed by atoms with Crippen LogP contribution in [0.4, 0.5) is 23.0 Å². The molecule has 34 heavy (non-hydrogen) atoms. The molecule has 0 aliphatic carbocycles. The second-order valence-corrected chi connectivity index (χ2v) is 8.51. The summed E-state index contributed by atoms with van der Waals surface area (Å²) in [6.45, 7) is 3.36. The first-order valence-corrected chi connectivity index (χ1v) is 11.3. The van der Waals surface area contributed by atoms with E-state index < -0.39 is 0 Å². The van der Waals surface area contributed by atoms with Crippen molar-refractivity contribution in [2.24, 2.45) is 0 Å². The Morgan fingerprint density at radius 3 is 2.65 bits per heavy atom. The fraction of sp³-hybridized carbons (Fsp3) is 0.217. The number of hydrogen-bond donors (Lipinski definition) is 2. The van der Waals surface area contributed by atoms with Gasteiger partial charge in [0.05, 0.1) is 27.0 Å². The first kappa shape index (κ1) is 22.2. The van der Waals surface area contributed by atoms with E-state index in [0.29, 0.717) is 27.0 Å². The second kappa shape index (κ2) is 9.35. The minimum atomic E-state index is -0.366. The first-order chi connectivity index (χ1) is 16.5. The van der Waals surface area contributed by atoms with Crippen molar-refractivity contribution in [3.8, 4) is 11.9 Å². The number of amides is 1. The number of piperazine rings is 1. The fourth-order valence-electron chi connectivity index (χ4n) is 3.94. The van der Waals surface area contributed by atoms with Crippen molar-refractivity contribution in [2.75, 3.05) is 48.0 Å². The van der Waals surface area contributed by atoms with E-state index in [1.165, 1.54) is 11.1 Å². The van der Waals surface area contributed by atoms with E-state index in [9.17, 15) is 10.1 Å². The Kier molecular flexibility index (Phi) is 6.11. The third-order valence-corrected chi connectivity index (χ3v) is 6.21. The van der Waals surface area contributed by atoms with Gasteiger partial charge in [-0.1, -0.05) is 29.3 Å². The first-order valence-electron chi connectivity index (χ1n) is 10.6. The lowest BCUT2D eigenvalue weighted by molar-refractivity contribution is 0.0932. The summed E-state index contributed by atoms with van der Waals surface area (Å²) in [6, 6.07) is 12.8. The predicted octanol–water partition coefficient (Wildman–Crippen LogP) is 3.80. The van der Waals surface area contributed by atoms with Gasteiger partial charge in [0.15, 0.2) is 6.73 Å². The summed E-state index contributed by atoms with van der Waals surface area (Å²) in [5.74, 6) is 0.0319. The topological polar surface area (TPSA) is 106 Å². The van der Waals surface area contributed by atoms with Crippen molar-refractivity contribution in [2.45, 2.75) is 0 Å². The lowest BCUT2D eigenvalue weighted by Gasteiger charge is -2.30. The number of fused-ring (bicyclic) bond motifs is 1. The average molecular weight is 496 g/mol. The third kappa shape index (κ3) is 4.19. The molecule has 11 heteroatoms. The Labute approximate surface area is 205 Å². The molecule has 1 saturated heterocycles. The van der Waals surface area contributed by atoms with Gasteiger partial charge in [0.25, 0.3) is 5.91 Å². The zero-order chi connectivity index (χ0) is 23.7. The molecule has 0 bridgehead atoms. The molecule has 3 heterocycles. The quantitative estimate of drug-likeness (QED) is 0.562. The molecule has 2 aliphatic heterocycles. The monoisotopic (exact) mass is 495 g/mol. The van der Waals surface area contributed by atoms with Gasteiger partial charge in [-0.15, -0.1) is 0 Å². The van der Waals surface area contributed by atoms with Crippen molar-refractivity contribution in [1.82, 2.24) is 15.3 Å². The number of nitriles is 1. The highest BCUT2D eigenvalue weighted by Gasteiger charge is 2.31. The number of benzene rings is 2. The Bertz CT molecular complexity index is 1280. The van der Waals surface area contributed by atoms with Gasteiger partial charge in [-0.3, -0.25) is 9.69 Å². The van der Waals surface area contributed by atoms with Crippen molar-refractivity contribution >= 4 is 52.1 Å². The van der Waals surface area contributed by atoms with E-state index >= 15 is 0 Å². The van der Waals surface area contributed by atoms with Gasteiger partial charge < -0.3 is 20.3 Å². The molecular formula is C23H19Cl2N7O2. The van der Waals surface area contributed by atoms with Crippen LogP contribution in [0.1, 0.15) is 15.9 Å². The number of carbonyl (C=O) groups is 1. The van der Waals surface area contributed by atoms with Gasteiger partial charge in [-0.25, -0.2) is 4.98 Å². The van der Waals surface area contributed by atoms with Crippen LogP contribution in [0.25, 0.3) is 0 Å². The molecule has 0 atom stereocenters. The minimum Gasteiger partial charge on any atom is -0.455 e. The van der Waals surface area contributed by atoms with Crippen LogP contribution in [0.5, 0.6) is 5.88 Å². The van der Waals surface area contributed by atoms with Crippen molar-refractivity contribution < 1.29 is 9.53 Å². The van der Waals surface area contributed by atoms with Gasteiger partial charge in [-0.2, -0.15) is 10.2 Å². The summed E-state index contributed by atoms with van der Waals surface area (Å²) < 4.78 is 5.72. The smallest absolute Gasteiger partial charge is 0.268 e. The lowest BCUT2D eigenvalue weighted by atomic mass is 10.1. The zero-order valence-electron chi connectivity index (χ0n) is 17.9. The van der Waals surface area contributed by atoms with Crippen LogP contribution >= 0.6 is 23.2 Å². The van der Waals surface area contributed by atoms with Crippen LogP contribution in [0, 0.1) is 11.3 Å². The SMILES string of the molecule is N#Cc1cc(Nc2ncc3c(n2)OCN(c2c(Cl)cccc2Cl)C3=O)ccc1N1CCNCC1. The van der Waals surface area contributed by atoms with Gasteiger partial charge in [0.1, 0.15) is 11.6 Å². The largest absolute Gasteiger partial charge is 0.455 e. The van der Waals surface area contributed by atoms with Gasteiger partial charge in [0, 0.05) is 38.1 Å². The maximum Gasteiger partial charge on any atom is 0.268 e. The molecule has 1 aromatic heterocycles. The van der Waals surface area contributed by atoms with Gasteiger partial charge >= 0.3 is 0 Å². The number of hydrogen-bond acceptors (Lipinski definition) is 8. The van der Waals surface area contributed by atoms with E-state index in [1.54, 1.807) is 24.3 Å². The number of carbonyl (C=O) groups excluding carboxylic acids is 1. The summed E-state index contributed by atoms with van der Waals surface area (Å²) in [6.07, 6.45) is 1.39. The molecule has 5 rings (SSSR count). The molecule has 9 nitrogen and oxygen atoms in total. The number of ether oxygens (including phenoxy) is 1. The number of anilines is 4. The van der Waals surface area contributed by atoms with Crippen molar-refractivity contribution in [1.29, 1.82) is 5.26 Å². The molecule has 1 amide bonds. The highest BCUT2D eigenvalue weighted by atomic mass is 35.5. The Balaban J connectivity index is 1.37. The summed E-state index contributed by atoms with van der Waals surface area (Å²) >= 11 is 12.5. The standard InChI is InChI=1S/C23H19Cl2N7O2/c24-17-2-1-3-18(25)20(17)32-13-34-21-16(22(32)33)12-28-23(30-21)29-15-4-5-19(14(10-15)11-26)31-8-6-27-7-9-31/h1-5,10,12,27H,6-9,13H2,(H,28,29,30). The van der Waals surface area contributed by atoms with Crippen LogP contribution in [0.3, 0.4) is 0 Å². The number of para-hydroxylation sites is 1. The van der Waals surface area contributed by atoms with Crippen LogP contribution in [0.15, 0.2) is 42.6 Å². The molecule has 0 spiro atoms. The molecule has 0 unspecified atom stereocenters. The molecule has 172 valence electrons. The third-order valence-electron chi connectivity index (χ3n) is 5.60. The van der Waals surface area contributed by atoms with Gasteiger partial charge in [-0.05, 0) is 30.3 Å². The molecule has 1 fully saturated rings. The van der Waals surface area contributed by atoms with Gasteiger partial charge in [0.2, 0.25) is 11.8 Å². The second-order valence-electron chi connectivity index (χ2n) is 7.70. The average Bonchev–Trinajstić information content (AvgIpc) is 2.85. The lowest BCUT2D eigenvalue weighted by Crippen LogP contribution is -2.43. The van der Waals surface area contributed by atoms with E-state index in [-0.39, 0.29) is 30.0 Å². The zero-order valence-corrected chi connectivity index (χ0v) is 19.4. The maximum absolute atomic E-state index is 13.0. The van der Waals surface area contributed by atoms with E-state index in [1.807, 2.05) is 12.1 Å². The molecule has 2 aliphatic rings. The molecule has 0 radical (unpaired) electrons. The fourth-order valence-corrected chi connectivity index (χ4v) is 4.54. The number of rotatable bonds is 4. The highest BCUT2D eigenvalue weighted by molar-refractivity contribution is 6.40. The summed E-state index contributed by atoms with van der Waals surface area (Å²) in [7, 11) is 0. The van der Waals surface area contributed by atoms with Crippen molar-refractivity contribution in [3.63, 3.8) is 0 Å². The van der Waals surface area contributed by atoms with E-state index in [2.05, 4.69) is 31.6 Å². The van der Waals surface area contributed by atoms with Crippen LogP contribution in [-0.4, -0.2) is 48.8 Å². The summed E-state index contributed by atoms with van der Waals surface area (Å²) in [5.41, 5.74) is 2.68. The van der Waals surface area contributed by atoms with Crippen molar-refractivity contribution in [3.05, 3.63) is 63.8 Å². The van der Waals surface area contributed by atoms with Crippen LogP contribution < -0.4 is 25.2 Å². The highest BCUT2D eigenvalue weighted by Crippen LogP contribution is 2.37. The molecule has 2 N–H and O–H groups in total. The molecular weight excluding hydrogens is 477 g/mol. The normalized spacial score (nSPS) is 15.4. The Hall–Kier alpha value is -3.58. The van der Waals surface area contributed by atoms with Crippen LogP contribution in [0.2, 0.25) is 10.0 Å². The number of aromatic nitrogens is 2. The molecule has 3 aromatic rings. The summed E-state index contributed by atoms with van der Waals surface area (Å²) in [4.78, 5) is 25.2. The molecule has 2 aromatic carbocycles. The van der Waals surface area contributed by atoms with E-state index in [0.717, 1.165) is 31.9 Å². The number of nitrogens with zero attached hydrogens (tertiary/aromatic N) is 5. The summed E-state index contributed by atoms with van der Waals surface area (Å²) in [5, 5.41) is 16.7. The maximum atomic E-state index is 13.0. The Morgan fingerprint density at radius 2 is 1.91 bits per heavy atom. The predicted molar refractivity (Wildman–Crippen MR) is 130 cm³/mol. The minimum absolute atomic E-state index is 0.0935. The molecule has 0 saturated carbocycles. The number of nitrogens with one attached hydrogen (secondary N) is 2. The van der Waals surface area contributed by atoms with E-state index in [4.69, 9.17) is 27.9 Å². The number of halogens is 2. The van der Waals surface area contributed by atoms with Crippen LogP contribution in [-0.2, 0) is 0 Å².